The topological polar surface area (TPSA) is 54.5 Å². The lowest BCUT2D eigenvalue weighted by Gasteiger charge is -2.19. The zero-order valence-electron chi connectivity index (χ0n) is 12.1. The molecule has 0 radical (unpaired) electrons. The molecule has 1 heterocycles. The molecule has 4 heteroatoms. The minimum absolute atomic E-state index is 0.0291. The Morgan fingerprint density at radius 2 is 1.75 bits per heavy atom. The largest absolute Gasteiger partial charge is 0.299 e. The predicted molar refractivity (Wildman–Crippen MR) is 73.7 cm³/mol. The van der Waals surface area contributed by atoms with Crippen molar-refractivity contribution in [2.45, 2.75) is 51.9 Å². The van der Waals surface area contributed by atoms with Crippen molar-refractivity contribution in [1.82, 2.24) is 4.90 Å². The number of fused-ring (bicyclic) bond motifs is 1. The van der Waals surface area contributed by atoms with Crippen molar-refractivity contribution in [3.05, 3.63) is 0 Å². The number of hydrogen-bond acceptors (Lipinski definition) is 3. The molecule has 0 N–H and O–H groups in total. The van der Waals surface area contributed by atoms with Crippen LogP contribution in [0.4, 0.5) is 0 Å². The molecule has 3 fully saturated rings. The van der Waals surface area contributed by atoms with Gasteiger partial charge in [-0.1, -0.05) is 13.3 Å². The molecule has 3 atom stereocenters. The van der Waals surface area contributed by atoms with Crippen molar-refractivity contribution in [3.8, 4) is 0 Å². The molecule has 4 nitrogen and oxygen atoms in total. The lowest BCUT2D eigenvalue weighted by atomic mass is 10.00. The fourth-order valence-electron chi connectivity index (χ4n) is 4.23. The first-order chi connectivity index (χ1) is 9.61. The Hall–Kier alpha value is -1.19. The Bertz CT molecular complexity index is 421. The molecule has 2 aliphatic carbocycles. The van der Waals surface area contributed by atoms with Crippen molar-refractivity contribution < 1.29 is 14.4 Å². The summed E-state index contributed by atoms with van der Waals surface area (Å²) in [5.74, 6) is 0.868. The van der Waals surface area contributed by atoms with Gasteiger partial charge >= 0.3 is 0 Å². The second-order valence-electron chi connectivity index (χ2n) is 6.63. The molecule has 3 aliphatic rings. The average Bonchev–Trinajstić information content (AvgIpc) is 3.09. The Labute approximate surface area is 119 Å². The summed E-state index contributed by atoms with van der Waals surface area (Å²) < 4.78 is 0. The van der Waals surface area contributed by atoms with Gasteiger partial charge in [0.25, 0.3) is 0 Å². The monoisotopic (exact) mass is 277 g/mol. The highest BCUT2D eigenvalue weighted by Crippen LogP contribution is 2.44. The second kappa shape index (κ2) is 5.30. The Balaban J connectivity index is 1.60. The number of carbonyl (C=O) groups is 3. The van der Waals surface area contributed by atoms with E-state index < -0.39 is 0 Å². The van der Waals surface area contributed by atoms with Crippen molar-refractivity contribution in [2.24, 2.45) is 23.7 Å². The number of carbonyl (C=O) groups excluding carboxylic acids is 3. The van der Waals surface area contributed by atoms with Crippen molar-refractivity contribution in [1.29, 1.82) is 0 Å². The first-order valence-corrected chi connectivity index (χ1v) is 7.99. The highest BCUT2D eigenvalue weighted by molar-refractivity contribution is 6.05. The number of nitrogens with zero attached hydrogens (tertiary/aromatic N) is 1. The van der Waals surface area contributed by atoms with Gasteiger partial charge in [-0.05, 0) is 38.0 Å². The number of likely N-dealkylation sites (tertiary alicyclic amines) is 1. The van der Waals surface area contributed by atoms with Crippen molar-refractivity contribution >= 4 is 17.6 Å². The van der Waals surface area contributed by atoms with Gasteiger partial charge in [-0.3, -0.25) is 19.3 Å². The van der Waals surface area contributed by atoms with E-state index in [1.807, 2.05) is 0 Å². The van der Waals surface area contributed by atoms with Crippen LogP contribution in [0.25, 0.3) is 0 Å². The normalized spacial score (nSPS) is 37.0. The molecule has 2 amide bonds. The molecule has 3 rings (SSSR count). The molecular weight excluding hydrogens is 254 g/mol. The van der Waals surface area contributed by atoms with Gasteiger partial charge in [-0.15, -0.1) is 0 Å². The third-order valence-corrected chi connectivity index (χ3v) is 5.54. The van der Waals surface area contributed by atoms with Gasteiger partial charge in [0.2, 0.25) is 11.8 Å². The SMILES string of the molecule is CCC1CC2C(=O)N(CCC3CCCC3=O)C(=O)C2C1. The lowest BCUT2D eigenvalue weighted by Crippen LogP contribution is -2.34. The fraction of sp³-hybridized carbons (Fsp3) is 0.812. The number of ketones is 1. The Morgan fingerprint density at radius 3 is 2.25 bits per heavy atom. The van der Waals surface area contributed by atoms with E-state index in [1.165, 1.54) is 4.90 Å². The van der Waals surface area contributed by atoms with Crippen LogP contribution < -0.4 is 0 Å². The molecular formula is C16H23NO3. The second-order valence-corrected chi connectivity index (χ2v) is 6.63. The van der Waals surface area contributed by atoms with Crippen LogP contribution in [0.5, 0.6) is 0 Å². The van der Waals surface area contributed by atoms with Crippen LogP contribution in [-0.4, -0.2) is 29.0 Å². The maximum atomic E-state index is 12.4. The van der Waals surface area contributed by atoms with E-state index in [0.29, 0.717) is 31.1 Å². The van der Waals surface area contributed by atoms with E-state index in [4.69, 9.17) is 0 Å². The van der Waals surface area contributed by atoms with E-state index in [1.54, 1.807) is 0 Å². The van der Waals surface area contributed by atoms with Gasteiger partial charge in [0.15, 0.2) is 0 Å². The Morgan fingerprint density at radius 1 is 1.10 bits per heavy atom. The highest BCUT2D eigenvalue weighted by Gasteiger charge is 2.52. The zero-order valence-corrected chi connectivity index (χ0v) is 12.1. The molecule has 0 aromatic carbocycles. The average molecular weight is 277 g/mol. The molecule has 0 spiro atoms. The van der Waals surface area contributed by atoms with E-state index in [-0.39, 0.29) is 29.6 Å². The minimum Gasteiger partial charge on any atom is -0.299 e. The van der Waals surface area contributed by atoms with E-state index in [9.17, 15) is 14.4 Å². The minimum atomic E-state index is -0.0632. The molecule has 0 aromatic heterocycles. The predicted octanol–water partition coefficient (Wildman–Crippen LogP) is 2.17. The van der Waals surface area contributed by atoms with E-state index in [0.717, 1.165) is 32.1 Å². The van der Waals surface area contributed by atoms with E-state index in [2.05, 4.69) is 6.92 Å². The first kappa shape index (κ1) is 13.8. The summed E-state index contributed by atoms with van der Waals surface area (Å²) in [5, 5.41) is 0. The summed E-state index contributed by atoms with van der Waals surface area (Å²) in [6.45, 7) is 2.59. The molecule has 110 valence electrons. The molecule has 0 aromatic rings. The van der Waals surface area contributed by atoms with Crippen LogP contribution in [0.1, 0.15) is 51.9 Å². The molecule has 20 heavy (non-hydrogen) atoms. The summed E-state index contributed by atoms with van der Waals surface area (Å²) in [4.78, 5) is 37.8. The Kier molecular flexibility index (Phi) is 3.65. The standard InChI is InChI=1S/C16H23NO3/c1-2-10-8-12-13(9-10)16(20)17(15(12)19)7-6-11-4-3-5-14(11)18/h10-13H,2-9H2,1H3. The van der Waals surface area contributed by atoms with Crippen molar-refractivity contribution in [3.63, 3.8) is 0 Å². The summed E-state index contributed by atoms with van der Waals surface area (Å²) in [5.41, 5.74) is 0. The van der Waals surface area contributed by atoms with Gasteiger partial charge in [-0.25, -0.2) is 0 Å². The summed E-state index contributed by atoms with van der Waals surface area (Å²) in [6.07, 6.45) is 6.07. The molecule has 1 aliphatic heterocycles. The van der Waals surface area contributed by atoms with Crippen LogP contribution in [0.2, 0.25) is 0 Å². The first-order valence-electron chi connectivity index (χ1n) is 7.99. The summed E-state index contributed by atoms with van der Waals surface area (Å²) in [6, 6.07) is 0. The van der Waals surface area contributed by atoms with Crippen LogP contribution >= 0.6 is 0 Å². The van der Waals surface area contributed by atoms with Gasteiger partial charge in [0.05, 0.1) is 11.8 Å². The third-order valence-electron chi connectivity index (χ3n) is 5.54. The quantitative estimate of drug-likeness (QED) is 0.740. The van der Waals surface area contributed by atoms with Crippen LogP contribution in [-0.2, 0) is 14.4 Å². The number of rotatable bonds is 4. The van der Waals surface area contributed by atoms with Gasteiger partial charge in [0.1, 0.15) is 5.78 Å². The van der Waals surface area contributed by atoms with Crippen LogP contribution in [0, 0.1) is 23.7 Å². The maximum Gasteiger partial charge on any atom is 0.233 e. The van der Waals surface area contributed by atoms with Crippen molar-refractivity contribution in [2.75, 3.05) is 6.54 Å². The fourth-order valence-corrected chi connectivity index (χ4v) is 4.23. The molecule has 2 saturated carbocycles. The number of hydrogen-bond donors (Lipinski definition) is 0. The third kappa shape index (κ3) is 2.19. The van der Waals surface area contributed by atoms with Gasteiger partial charge in [0, 0.05) is 18.9 Å². The molecule has 3 unspecified atom stereocenters. The lowest BCUT2D eigenvalue weighted by molar-refractivity contribution is -0.141. The molecule has 0 bridgehead atoms. The number of Topliss-reactive ketones (excluding diaryl/α,β-unsaturated/α-hetero) is 1. The highest BCUT2D eigenvalue weighted by atomic mass is 16.2. The van der Waals surface area contributed by atoms with Gasteiger partial charge < -0.3 is 0 Å². The smallest absolute Gasteiger partial charge is 0.233 e. The van der Waals surface area contributed by atoms with Crippen LogP contribution in [0.3, 0.4) is 0 Å². The number of amides is 2. The number of imide groups is 1. The van der Waals surface area contributed by atoms with E-state index >= 15 is 0 Å². The summed E-state index contributed by atoms with van der Waals surface area (Å²) in [7, 11) is 0. The maximum absolute atomic E-state index is 12.4. The summed E-state index contributed by atoms with van der Waals surface area (Å²) >= 11 is 0. The van der Waals surface area contributed by atoms with Gasteiger partial charge in [-0.2, -0.15) is 0 Å². The molecule has 1 saturated heterocycles. The zero-order chi connectivity index (χ0) is 14.3. The van der Waals surface area contributed by atoms with Crippen LogP contribution in [0.15, 0.2) is 0 Å².